The van der Waals surface area contributed by atoms with E-state index in [9.17, 15) is 0 Å². The summed E-state index contributed by atoms with van der Waals surface area (Å²) >= 11 is 0. The summed E-state index contributed by atoms with van der Waals surface area (Å²) in [7, 11) is 0. The molecule has 0 aromatic heterocycles. The molecule has 0 N–H and O–H groups in total. The third-order valence-electron chi connectivity index (χ3n) is 11.4. The minimum absolute atomic E-state index is 0.231. The smallest absolute Gasteiger partial charge is 0.252 e. The van der Waals surface area contributed by atoms with Crippen molar-refractivity contribution in [2.45, 2.75) is 19.3 Å². The molecule has 2 aliphatic heterocycles. The monoisotopic (exact) mass is 713 g/mol. The van der Waals surface area contributed by atoms with Crippen LogP contribution in [0.1, 0.15) is 38.7 Å². The van der Waals surface area contributed by atoms with Crippen molar-refractivity contribution < 1.29 is 13.7 Å². The third kappa shape index (κ3) is 4.71. The molecule has 8 aromatic rings. The molecule has 0 amide bonds. The van der Waals surface area contributed by atoms with Crippen LogP contribution < -0.4 is 31.1 Å². The Morgan fingerprint density at radius 3 is 1.82 bits per heavy atom. The molecule has 3 nitrogen and oxygen atoms in total. The van der Waals surface area contributed by atoms with E-state index in [2.05, 4.69) is 109 Å². The molecule has 3 aliphatic rings. The fraction of sp³-hybridized carbons (Fsp3) is 0.0588. The second kappa shape index (κ2) is 12.1. The summed E-state index contributed by atoms with van der Waals surface area (Å²) in [5.41, 5.74) is 12.4. The molecule has 0 saturated carbocycles. The Morgan fingerprint density at radius 1 is 0.473 bits per heavy atom. The first-order valence-corrected chi connectivity index (χ1v) is 18.4. The predicted molar refractivity (Wildman–Crippen MR) is 233 cm³/mol. The highest BCUT2D eigenvalue weighted by Gasteiger charge is 2.44. The number of hydrogen-bond acceptors (Lipinski definition) is 3. The van der Waals surface area contributed by atoms with Crippen molar-refractivity contribution in [3.8, 4) is 11.1 Å². The number of fused-ring (bicyclic) bond motifs is 7. The molecule has 0 spiro atoms. The van der Waals surface area contributed by atoms with Gasteiger partial charge in [-0.05, 0) is 117 Å². The van der Waals surface area contributed by atoms with Gasteiger partial charge in [-0.25, -0.2) is 0 Å². The molecule has 0 unspecified atom stereocenters. The van der Waals surface area contributed by atoms with Crippen LogP contribution in [0.25, 0.3) is 11.1 Å². The van der Waals surface area contributed by atoms with Crippen LogP contribution >= 0.6 is 0 Å². The molecule has 8 aromatic carbocycles. The van der Waals surface area contributed by atoms with Crippen LogP contribution in [-0.4, -0.2) is 6.71 Å². The number of nitrogens with zero attached hydrogens (tertiary/aromatic N) is 3. The highest BCUT2D eigenvalue weighted by Crippen LogP contribution is 2.52. The van der Waals surface area contributed by atoms with E-state index in [1.165, 1.54) is 16.0 Å². The van der Waals surface area contributed by atoms with E-state index in [4.69, 9.17) is 13.7 Å². The first kappa shape index (κ1) is 23.1. The van der Waals surface area contributed by atoms with Crippen LogP contribution in [0.3, 0.4) is 0 Å². The maximum Gasteiger partial charge on any atom is 0.252 e. The van der Waals surface area contributed by atoms with Crippen LogP contribution in [0.5, 0.6) is 0 Å². The van der Waals surface area contributed by atoms with Crippen molar-refractivity contribution in [1.82, 2.24) is 0 Å². The number of para-hydroxylation sites is 4. The van der Waals surface area contributed by atoms with Gasteiger partial charge in [0.2, 0.25) is 0 Å². The quantitative estimate of drug-likeness (QED) is 0.164. The summed E-state index contributed by atoms with van der Waals surface area (Å²) in [6.45, 7) is 4.18. The van der Waals surface area contributed by atoms with E-state index in [-0.39, 0.29) is 29.2 Å². The Bertz CT molecular complexity index is 3230. The lowest BCUT2D eigenvalue weighted by molar-refractivity contribution is 0.660. The molecular weight excluding hydrogens is 665 g/mol. The number of hydrogen-bond donors (Lipinski definition) is 0. The molecule has 11 rings (SSSR count). The zero-order chi connectivity index (χ0) is 45.4. The summed E-state index contributed by atoms with van der Waals surface area (Å²) in [6.07, 6.45) is 0. The van der Waals surface area contributed by atoms with Crippen LogP contribution in [0, 0.1) is 0 Å². The van der Waals surface area contributed by atoms with Crippen molar-refractivity contribution in [3.63, 3.8) is 0 Å². The van der Waals surface area contributed by atoms with E-state index in [0.29, 0.717) is 5.69 Å². The van der Waals surface area contributed by atoms with Gasteiger partial charge in [0.25, 0.3) is 6.71 Å². The Labute approximate surface area is 337 Å². The van der Waals surface area contributed by atoms with Gasteiger partial charge in [-0.3, -0.25) is 0 Å². The van der Waals surface area contributed by atoms with Gasteiger partial charge >= 0.3 is 0 Å². The van der Waals surface area contributed by atoms with E-state index >= 15 is 0 Å². The van der Waals surface area contributed by atoms with Crippen LogP contribution in [0.4, 0.5) is 51.2 Å². The fourth-order valence-electron chi connectivity index (χ4n) is 9.05. The topological polar surface area (TPSA) is 9.72 Å². The largest absolute Gasteiger partial charge is 0.311 e. The van der Waals surface area contributed by atoms with E-state index in [1.807, 2.05) is 42.5 Å². The van der Waals surface area contributed by atoms with Gasteiger partial charge in [-0.1, -0.05) is 129 Å². The normalized spacial score (nSPS) is 16.6. The average Bonchev–Trinajstić information content (AvgIpc) is 3.55. The van der Waals surface area contributed by atoms with E-state index in [1.54, 1.807) is 6.07 Å². The van der Waals surface area contributed by atoms with Crippen molar-refractivity contribution in [3.05, 3.63) is 205 Å². The van der Waals surface area contributed by atoms with Crippen molar-refractivity contribution >= 4 is 74.3 Å². The van der Waals surface area contributed by atoms with Gasteiger partial charge < -0.3 is 14.7 Å². The second-order valence-electron chi connectivity index (χ2n) is 14.6. The summed E-state index contributed by atoms with van der Waals surface area (Å²) < 4.78 is 88.2. The average molecular weight is 714 g/mol. The molecule has 0 saturated heterocycles. The van der Waals surface area contributed by atoms with Crippen molar-refractivity contribution in [1.29, 1.82) is 0 Å². The molecule has 0 radical (unpaired) electrons. The lowest BCUT2D eigenvalue weighted by Crippen LogP contribution is -2.61. The second-order valence-corrected chi connectivity index (χ2v) is 14.6. The summed E-state index contributed by atoms with van der Waals surface area (Å²) in [5, 5.41) is 0. The molecule has 0 atom stereocenters. The van der Waals surface area contributed by atoms with Gasteiger partial charge in [-0.15, -0.1) is 0 Å². The van der Waals surface area contributed by atoms with Crippen LogP contribution in [0.2, 0.25) is 0 Å². The third-order valence-corrected chi connectivity index (χ3v) is 11.4. The van der Waals surface area contributed by atoms with E-state index < -0.39 is 60.4 Å². The molecule has 260 valence electrons. The summed E-state index contributed by atoms with van der Waals surface area (Å²) in [6, 6.07) is 39.4. The van der Waals surface area contributed by atoms with Crippen LogP contribution in [-0.2, 0) is 5.41 Å². The molecule has 1 aliphatic carbocycles. The minimum atomic E-state index is -0.622. The lowest BCUT2D eigenvalue weighted by atomic mass is 9.33. The summed E-state index contributed by atoms with van der Waals surface area (Å²) in [4.78, 5) is 5.73. The maximum atomic E-state index is 9.16. The van der Waals surface area contributed by atoms with E-state index in [0.717, 1.165) is 56.0 Å². The predicted octanol–water partition coefficient (Wildman–Crippen LogP) is 11.5. The number of rotatable bonds is 5. The van der Waals surface area contributed by atoms with Crippen molar-refractivity contribution in [2.75, 3.05) is 14.7 Å². The molecule has 0 bridgehead atoms. The Morgan fingerprint density at radius 2 is 1.07 bits per heavy atom. The number of benzene rings is 8. The Hall–Kier alpha value is -6.78. The highest BCUT2D eigenvalue weighted by molar-refractivity contribution is 7.00. The van der Waals surface area contributed by atoms with Gasteiger partial charge in [0.15, 0.2) is 0 Å². The Kier molecular flexibility index (Phi) is 5.09. The van der Waals surface area contributed by atoms with Gasteiger partial charge in [-0.2, -0.15) is 0 Å². The minimum Gasteiger partial charge on any atom is -0.311 e. The lowest BCUT2D eigenvalue weighted by Gasteiger charge is -2.44. The fourth-order valence-corrected chi connectivity index (χ4v) is 9.05. The van der Waals surface area contributed by atoms with Crippen LogP contribution in [0.15, 0.2) is 194 Å². The first-order chi connectivity index (χ1) is 31.2. The first-order valence-electron chi connectivity index (χ1n) is 23.4. The maximum absolute atomic E-state index is 9.16. The molecule has 0 fully saturated rings. The zero-order valence-electron chi connectivity index (χ0n) is 40.1. The Balaban J connectivity index is 1.23. The standard InChI is InChI=1S/C51H38BN3/c1-51(2)42-24-13-12-23-40(42)41-31-29-38(33-43(41)51)55-48-28-16-27-47-50(48)52(44-25-14-15-26-46(44)54(47)37-21-10-5-11-22-37)45-32-30-39(34-49(45)55)53(35-17-6-3-7-18-35)36-19-8-4-9-20-36/h3-34H,1-2H3/i3D,4D,6D,7D,8D,9D,17D,18D,19D,20D. The molecule has 2 heterocycles. The molecule has 55 heavy (non-hydrogen) atoms. The number of anilines is 9. The van der Waals surface area contributed by atoms with Gasteiger partial charge in [0.05, 0.1) is 13.7 Å². The molecular formula is C51H38BN3. The highest BCUT2D eigenvalue weighted by atomic mass is 15.2. The molecule has 4 heteroatoms. The van der Waals surface area contributed by atoms with Gasteiger partial charge in [0.1, 0.15) is 0 Å². The SMILES string of the molecule is [2H]c1c([2H])c([2H])c(N(c2ccc3c(c2)N(c2ccc4c(c2)C(C)(C)c2ccccc2-4)c2cccc4c2B3c2ccccc2N4c2ccccc2)c2c([2H])c([2H])c([2H])c([2H])c2[2H])c([2H])c1[2H]. The zero-order valence-corrected chi connectivity index (χ0v) is 30.1. The summed E-state index contributed by atoms with van der Waals surface area (Å²) in [5.74, 6) is 0. The van der Waals surface area contributed by atoms with Gasteiger partial charge in [0, 0.05) is 56.6 Å². The van der Waals surface area contributed by atoms with Crippen molar-refractivity contribution in [2.24, 2.45) is 0 Å².